The first-order chi connectivity index (χ1) is 9.56. The standard InChI is InChI=1S/C16H24N2O2/c1-4-5-11-17-15(19)16(20)18(13(2)3)12-14-9-7-6-8-10-14/h6-10,13H,4-5,11-12H2,1-3H3,(H,17,19). The third kappa shape index (κ3) is 5.03. The number of unbranched alkanes of at least 4 members (excludes halogenated alkanes) is 1. The Morgan fingerprint density at radius 3 is 2.40 bits per heavy atom. The first-order valence-corrected chi connectivity index (χ1v) is 7.19. The average Bonchev–Trinajstić information content (AvgIpc) is 2.45. The molecule has 0 aromatic heterocycles. The Labute approximate surface area is 121 Å². The summed E-state index contributed by atoms with van der Waals surface area (Å²) in [4.78, 5) is 25.6. The Morgan fingerprint density at radius 2 is 1.85 bits per heavy atom. The van der Waals surface area contributed by atoms with Crippen LogP contribution in [-0.2, 0) is 16.1 Å². The molecule has 0 heterocycles. The Hall–Kier alpha value is -1.84. The van der Waals surface area contributed by atoms with Gasteiger partial charge in [0, 0.05) is 19.1 Å². The van der Waals surface area contributed by atoms with E-state index in [1.54, 1.807) is 4.90 Å². The fourth-order valence-corrected chi connectivity index (χ4v) is 1.85. The molecule has 0 spiro atoms. The maximum Gasteiger partial charge on any atom is 0.312 e. The van der Waals surface area contributed by atoms with E-state index in [2.05, 4.69) is 5.32 Å². The molecule has 0 aliphatic rings. The minimum absolute atomic E-state index is 0.0142. The van der Waals surface area contributed by atoms with Gasteiger partial charge in [-0.3, -0.25) is 9.59 Å². The van der Waals surface area contributed by atoms with E-state index in [4.69, 9.17) is 0 Å². The molecule has 4 heteroatoms. The number of nitrogens with zero attached hydrogens (tertiary/aromatic N) is 1. The van der Waals surface area contributed by atoms with Crippen molar-refractivity contribution in [3.8, 4) is 0 Å². The molecule has 1 rings (SSSR count). The van der Waals surface area contributed by atoms with Gasteiger partial charge in [-0.2, -0.15) is 0 Å². The van der Waals surface area contributed by atoms with Gasteiger partial charge in [-0.1, -0.05) is 43.7 Å². The van der Waals surface area contributed by atoms with Gasteiger partial charge in [0.2, 0.25) is 0 Å². The van der Waals surface area contributed by atoms with Crippen LogP contribution in [0.3, 0.4) is 0 Å². The van der Waals surface area contributed by atoms with E-state index >= 15 is 0 Å². The number of rotatable bonds is 6. The summed E-state index contributed by atoms with van der Waals surface area (Å²) in [6, 6.07) is 9.69. The Morgan fingerprint density at radius 1 is 1.20 bits per heavy atom. The molecule has 0 saturated carbocycles. The van der Waals surface area contributed by atoms with Crippen LogP contribution in [0, 0.1) is 0 Å². The van der Waals surface area contributed by atoms with Gasteiger partial charge >= 0.3 is 11.8 Å². The molecule has 0 fully saturated rings. The summed E-state index contributed by atoms with van der Waals surface area (Å²) >= 11 is 0. The van der Waals surface area contributed by atoms with E-state index in [0.29, 0.717) is 13.1 Å². The van der Waals surface area contributed by atoms with Gasteiger partial charge in [-0.25, -0.2) is 0 Å². The van der Waals surface area contributed by atoms with Gasteiger partial charge < -0.3 is 10.2 Å². The summed E-state index contributed by atoms with van der Waals surface area (Å²) in [6.07, 6.45) is 1.88. The highest BCUT2D eigenvalue weighted by Crippen LogP contribution is 2.08. The van der Waals surface area contributed by atoms with Crippen LogP contribution in [0.5, 0.6) is 0 Å². The molecule has 1 N–H and O–H groups in total. The molecule has 20 heavy (non-hydrogen) atoms. The first kappa shape index (κ1) is 16.2. The van der Waals surface area contributed by atoms with Crippen molar-refractivity contribution < 1.29 is 9.59 Å². The maximum atomic E-state index is 12.2. The van der Waals surface area contributed by atoms with Crippen molar-refractivity contribution in [2.75, 3.05) is 6.54 Å². The lowest BCUT2D eigenvalue weighted by atomic mass is 10.2. The summed E-state index contributed by atoms with van der Waals surface area (Å²) in [5.41, 5.74) is 1.02. The molecule has 0 unspecified atom stereocenters. The fraction of sp³-hybridized carbons (Fsp3) is 0.500. The smallest absolute Gasteiger partial charge is 0.312 e. The lowest BCUT2D eigenvalue weighted by molar-refractivity contribution is -0.147. The van der Waals surface area contributed by atoms with Crippen LogP contribution in [0.15, 0.2) is 30.3 Å². The van der Waals surface area contributed by atoms with E-state index in [9.17, 15) is 9.59 Å². The van der Waals surface area contributed by atoms with Crippen LogP contribution >= 0.6 is 0 Å². The van der Waals surface area contributed by atoms with Gasteiger partial charge in [-0.15, -0.1) is 0 Å². The molecule has 4 nitrogen and oxygen atoms in total. The Balaban J connectivity index is 2.66. The van der Waals surface area contributed by atoms with Crippen molar-refractivity contribution in [3.05, 3.63) is 35.9 Å². The molecule has 0 aliphatic heterocycles. The largest absolute Gasteiger partial charge is 0.348 e. The van der Waals surface area contributed by atoms with Crippen molar-refractivity contribution in [3.63, 3.8) is 0 Å². The summed E-state index contributed by atoms with van der Waals surface area (Å²) < 4.78 is 0. The number of carbonyl (C=O) groups is 2. The number of nitrogens with one attached hydrogen (secondary N) is 1. The SMILES string of the molecule is CCCCNC(=O)C(=O)N(Cc1ccccc1)C(C)C. The van der Waals surface area contributed by atoms with Crippen molar-refractivity contribution in [1.82, 2.24) is 10.2 Å². The van der Waals surface area contributed by atoms with E-state index < -0.39 is 11.8 Å². The molecule has 0 atom stereocenters. The van der Waals surface area contributed by atoms with Crippen molar-refractivity contribution in [2.45, 2.75) is 46.2 Å². The van der Waals surface area contributed by atoms with Gasteiger partial charge in [0.1, 0.15) is 0 Å². The second kappa shape index (κ2) is 8.35. The van der Waals surface area contributed by atoms with E-state index in [0.717, 1.165) is 18.4 Å². The minimum Gasteiger partial charge on any atom is -0.348 e. The van der Waals surface area contributed by atoms with Gasteiger partial charge in [0.15, 0.2) is 0 Å². The van der Waals surface area contributed by atoms with Crippen LogP contribution in [0.4, 0.5) is 0 Å². The second-order valence-electron chi connectivity index (χ2n) is 5.12. The Kier molecular flexibility index (Phi) is 6.77. The van der Waals surface area contributed by atoms with Crippen LogP contribution in [0.2, 0.25) is 0 Å². The number of hydrogen-bond acceptors (Lipinski definition) is 2. The number of carbonyl (C=O) groups excluding carboxylic acids is 2. The van der Waals surface area contributed by atoms with Crippen LogP contribution in [0.25, 0.3) is 0 Å². The van der Waals surface area contributed by atoms with Crippen molar-refractivity contribution >= 4 is 11.8 Å². The molecule has 1 aromatic rings. The van der Waals surface area contributed by atoms with Crippen LogP contribution < -0.4 is 5.32 Å². The van der Waals surface area contributed by atoms with Gasteiger partial charge in [0.05, 0.1) is 0 Å². The zero-order valence-electron chi connectivity index (χ0n) is 12.6. The average molecular weight is 276 g/mol. The second-order valence-corrected chi connectivity index (χ2v) is 5.12. The fourth-order valence-electron chi connectivity index (χ4n) is 1.85. The minimum atomic E-state index is -0.511. The molecule has 1 aromatic carbocycles. The third-order valence-corrected chi connectivity index (χ3v) is 3.09. The van der Waals surface area contributed by atoms with Gasteiger partial charge in [0.25, 0.3) is 0 Å². The zero-order chi connectivity index (χ0) is 15.0. The van der Waals surface area contributed by atoms with E-state index in [-0.39, 0.29) is 6.04 Å². The molecule has 0 bridgehead atoms. The number of amides is 2. The first-order valence-electron chi connectivity index (χ1n) is 7.19. The molecule has 0 aliphatic carbocycles. The molecule has 0 saturated heterocycles. The molecule has 2 amide bonds. The third-order valence-electron chi connectivity index (χ3n) is 3.09. The normalized spacial score (nSPS) is 10.4. The van der Waals surface area contributed by atoms with Crippen LogP contribution in [-0.4, -0.2) is 29.3 Å². The highest BCUT2D eigenvalue weighted by Gasteiger charge is 2.23. The highest BCUT2D eigenvalue weighted by molar-refractivity contribution is 6.35. The summed E-state index contributed by atoms with van der Waals surface area (Å²) in [5, 5.41) is 2.67. The zero-order valence-corrected chi connectivity index (χ0v) is 12.6. The number of hydrogen-bond donors (Lipinski definition) is 1. The Bertz CT molecular complexity index is 429. The quantitative estimate of drug-likeness (QED) is 0.640. The maximum absolute atomic E-state index is 12.2. The summed E-state index contributed by atoms with van der Waals surface area (Å²) in [6.45, 7) is 6.89. The van der Waals surface area contributed by atoms with E-state index in [1.807, 2.05) is 51.1 Å². The number of benzene rings is 1. The van der Waals surface area contributed by atoms with Crippen molar-refractivity contribution in [2.24, 2.45) is 0 Å². The highest BCUT2D eigenvalue weighted by atomic mass is 16.2. The van der Waals surface area contributed by atoms with Gasteiger partial charge in [-0.05, 0) is 25.8 Å². The monoisotopic (exact) mass is 276 g/mol. The predicted octanol–water partition coefficient (Wildman–Crippen LogP) is 2.34. The molecular formula is C16H24N2O2. The summed E-state index contributed by atoms with van der Waals surface area (Å²) in [5.74, 6) is -0.969. The molecule has 110 valence electrons. The molecular weight excluding hydrogens is 252 g/mol. The topological polar surface area (TPSA) is 49.4 Å². The predicted molar refractivity (Wildman–Crippen MR) is 80.0 cm³/mol. The molecule has 0 radical (unpaired) electrons. The van der Waals surface area contributed by atoms with E-state index in [1.165, 1.54) is 0 Å². The van der Waals surface area contributed by atoms with Crippen LogP contribution in [0.1, 0.15) is 39.2 Å². The van der Waals surface area contributed by atoms with Crippen molar-refractivity contribution in [1.29, 1.82) is 0 Å². The lowest BCUT2D eigenvalue weighted by Crippen LogP contribution is -2.45. The summed E-state index contributed by atoms with van der Waals surface area (Å²) in [7, 11) is 0. The lowest BCUT2D eigenvalue weighted by Gasteiger charge is -2.26.